The predicted molar refractivity (Wildman–Crippen MR) is 111 cm³/mol. The Morgan fingerprint density at radius 2 is 1.59 bits per heavy atom. The summed E-state index contributed by atoms with van der Waals surface area (Å²) in [6.07, 6.45) is 1.26. The number of hydrogen-bond acceptors (Lipinski definition) is 4. The topological polar surface area (TPSA) is 47.9 Å². The van der Waals surface area contributed by atoms with Crippen molar-refractivity contribution in [3.63, 3.8) is 0 Å². The molecule has 1 saturated heterocycles. The van der Waals surface area contributed by atoms with Crippen molar-refractivity contribution in [2.45, 2.75) is 19.8 Å². The molecule has 2 aromatic rings. The second kappa shape index (κ2) is 9.88. The minimum absolute atomic E-state index is 0.0256. The third-order valence-corrected chi connectivity index (χ3v) is 4.91. The molecule has 0 spiro atoms. The molecule has 0 bridgehead atoms. The molecule has 0 saturated carbocycles. The summed E-state index contributed by atoms with van der Waals surface area (Å²) < 4.78 is 0. The Labute approximate surface area is 161 Å². The predicted octanol–water partition coefficient (Wildman–Crippen LogP) is 3.13. The summed E-state index contributed by atoms with van der Waals surface area (Å²) >= 11 is 0. The Balaban J connectivity index is 1.41. The molecule has 1 heterocycles. The van der Waals surface area contributed by atoms with E-state index in [1.807, 2.05) is 43.3 Å². The zero-order valence-electron chi connectivity index (χ0n) is 16.0. The van der Waals surface area contributed by atoms with E-state index in [2.05, 4.69) is 44.6 Å². The van der Waals surface area contributed by atoms with E-state index in [0.717, 1.165) is 50.4 Å². The molecule has 5 heteroatoms. The first-order valence-corrected chi connectivity index (χ1v) is 9.69. The van der Waals surface area contributed by atoms with E-state index in [9.17, 15) is 4.79 Å². The van der Waals surface area contributed by atoms with Gasteiger partial charge in [0.05, 0.1) is 5.71 Å². The van der Waals surface area contributed by atoms with Gasteiger partial charge in [-0.2, -0.15) is 5.10 Å². The molecule has 0 atom stereocenters. The fourth-order valence-corrected chi connectivity index (χ4v) is 3.29. The molecule has 142 valence electrons. The highest BCUT2D eigenvalue weighted by atomic mass is 16.2. The molecule has 0 aliphatic carbocycles. The summed E-state index contributed by atoms with van der Waals surface area (Å²) in [5.41, 5.74) is 5.95. The summed E-state index contributed by atoms with van der Waals surface area (Å²) in [6, 6.07) is 20.5. The third-order valence-electron chi connectivity index (χ3n) is 4.91. The van der Waals surface area contributed by atoms with Crippen LogP contribution in [-0.2, 0) is 4.79 Å². The van der Waals surface area contributed by atoms with E-state index in [-0.39, 0.29) is 5.91 Å². The fraction of sp³-hybridized carbons (Fsp3) is 0.364. The number of hydrogen-bond donors (Lipinski definition) is 1. The molecule has 2 aromatic carbocycles. The molecule has 1 amide bonds. The summed E-state index contributed by atoms with van der Waals surface area (Å²) in [7, 11) is 0. The number of anilines is 1. The van der Waals surface area contributed by atoms with Crippen LogP contribution < -0.4 is 10.3 Å². The summed E-state index contributed by atoms with van der Waals surface area (Å²) in [5.74, 6) is -0.0256. The van der Waals surface area contributed by atoms with Crippen LogP contribution in [0.2, 0.25) is 0 Å². The quantitative estimate of drug-likeness (QED) is 0.607. The summed E-state index contributed by atoms with van der Waals surface area (Å²) in [5, 5.41) is 4.32. The monoisotopic (exact) mass is 364 g/mol. The Kier molecular flexibility index (Phi) is 6.99. The van der Waals surface area contributed by atoms with Gasteiger partial charge in [0.25, 0.3) is 0 Å². The summed E-state index contributed by atoms with van der Waals surface area (Å²) in [6.45, 7) is 6.78. The summed E-state index contributed by atoms with van der Waals surface area (Å²) in [4.78, 5) is 16.9. The second-order valence-electron chi connectivity index (χ2n) is 6.73. The van der Waals surface area contributed by atoms with Gasteiger partial charge in [0.2, 0.25) is 5.91 Å². The maximum absolute atomic E-state index is 12.2. The van der Waals surface area contributed by atoms with Crippen molar-refractivity contribution in [1.82, 2.24) is 10.3 Å². The number of piperazine rings is 1. The van der Waals surface area contributed by atoms with E-state index < -0.39 is 0 Å². The molecule has 1 N–H and O–H groups in total. The lowest BCUT2D eigenvalue weighted by molar-refractivity contribution is -0.121. The number of hydrazone groups is 1. The van der Waals surface area contributed by atoms with Crippen molar-refractivity contribution < 1.29 is 4.79 Å². The highest BCUT2D eigenvalue weighted by Crippen LogP contribution is 2.15. The SMILES string of the molecule is CC/C(=N\NC(=O)CCN1CCN(c2ccccc2)CC1)c1ccccc1. The molecule has 1 fully saturated rings. The van der Waals surface area contributed by atoms with E-state index >= 15 is 0 Å². The number of carbonyl (C=O) groups is 1. The third kappa shape index (κ3) is 5.66. The van der Waals surface area contributed by atoms with Crippen molar-refractivity contribution >= 4 is 17.3 Å². The zero-order chi connectivity index (χ0) is 18.9. The van der Waals surface area contributed by atoms with Crippen molar-refractivity contribution in [3.05, 3.63) is 66.2 Å². The van der Waals surface area contributed by atoms with Crippen LogP contribution in [-0.4, -0.2) is 49.2 Å². The normalized spacial score (nSPS) is 15.6. The van der Waals surface area contributed by atoms with Gasteiger partial charge in [-0.05, 0) is 24.1 Å². The molecular weight excluding hydrogens is 336 g/mol. The number of para-hydroxylation sites is 1. The molecule has 0 radical (unpaired) electrons. The number of amides is 1. The lowest BCUT2D eigenvalue weighted by atomic mass is 10.1. The van der Waals surface area contributed by atoms with Gasteiger partial charge >= 0.3 is 0 Å². The van der Waals surface area contributed by atoms with Gasteiger partial charge in [0, 0.05) is 44.8 Å². The maximum atomic E-state index is 12.2. The van der Waals surface area contributed by atoms with E-state index in [0.29, 0.717) is 6.42 Å². The van der Waals surface area contributed by atoms with Crippen molar-refractivity contribution in [2.24, 2.45) is 5.10 Å². The van der Waals surface area contributed by atoms with Crippen LogP contribution in [0.3, 0.4) is 0 Å². The first-order valence-electron chi connectivity index (χ1n) is 9.69. The first kappa shape index (κ1) is 19.1. The van der Waals surface area contributed by atoms with Gasteiger partial charge in [-0.15, -0.1) is 0 Å². The van der Waals surface area contributed by atoms with Crippen LogP contribution in [0.25, 0.3) is 0 Å². The van der Waals surface area contributed by atoms with Crippen LogP contribution in [0.1, 0.15) is 25.3 Å². The molecule has 27 heavy (non-hydrogen) atoms. The van der Waals surface area contributed by atoms with E-state index in [1.165, 1.54) is 5.69 Å². The average molecular weight is 364 g/mol. The lowest BCUT2D eigenvalue weighted by Gasteiger charge is -2.36. The molecule has 0 aromatic heterocycles. The molecular formula is C22H28N4O. The number of nitrogens with one attached hydrogen (secondary N) is 1. The molecule has 1 aliphatic rings. The highest BCUT2D eigenvalue weighted by Gasteiger charge is 2.17. The fourth-order valence-electron chi connectivity index (χ4n) is 3.29. The van der Waals surface area contributed by atoms with Gasteiger partial charge in [0.1, 0.15) is 0 Å². The van der Waals surface area contributed by atoms with Crippen LogP contribution in [0.4, 0.5) is 5.69 Å². The number of nitrogens with zero attached hydrogens (tertiary/aromatic N) is 3. The number of rotatable bonds is 7. The van der Waals surface area contributed by atoms with Gasteiger partial charge in [-0.1, -0.05) is 55.5 Å². The standard InChI is InChI=1S/C22H28N4O/c1-2-21(19-9-5-3-6-10-19)23-24-22(27)13-14-25-15-17-26(18-16-25)20-11-7-4-8-12-20/h3-12H,2,13-18H2,1H3,(H,24,27)/b23-21+. The Morgan fingerprint density at radius 1 is 0.963 bits per heavy atom. The van der Waals surface area contributed by atoms with Gasteiger partial charge in [-0.25, -0.2) is 5.43 Å². The molecule has 0 unspecified atom stereocenters. The Bertz CT molecular complexity index is 737. The van der Waals surface area contributed by atoms with Crippen LogP contribution in [0.15, 0.2) is 65.8 Å². The lowest BCUT2D eigenvalue weighted by Crippen LogP contribution is -2.47. The van der Waals surface area contributed by atoms with Crippen LogP contribution in [0.5, 0.6) is 0 Å². The largest absolute Gasteiger partial charge is 0.369 e. The average Bonchev–Trinajstić information content (AvgIpc) is 2.74. The van der Waals surface area contributed by atoms with Crippen molar-refractivity contribution in [2.75, 3.05) is 37.6 Å². The van der Waals surface area contributed by atoms with Crippen molar-refractivity contribution in [1.29, 1.82) is 0 Å². The smallest absolute Gasteiger partial charge is 0.241 e. The molecule has 1 aliphatic heterocycles. The highest BCUT2D eigenvalue weighted by molar-refractivity contribution is 6.00. The zero-order valence-corrected chi connectivity index (χ0v) is 16.0. The minimum atomic E-state index is -0.0256. The minimum Gasteiger partial charge on any atom is -0.369 e. The van der Waals surface area contributed by atoms with E-state index in [4.69, 9.17) is 0 Å². The van der Waals surface area contributed by atoms with Gasteiger partial charge in [0.15, 0.2) is 0 Å². The van der Waals surface area contributed by atoms with Gasteiger partial charge in [-0.3, -0.25) is 9.69 Å². The van der Waals surface area contributed by atoms with Crippen molar-refractivity contribution in [3.8, 4) is 0 Å². The Hall–Kier alpha value is -2.66. The van der Waals surface area contributed by atoms with Crippen LogP contribution in [0, 0.1) is 0 Å². The van der Waals surface area contributed by atoms with E-state index in [1.54, 1.807) is 0 Å². The molecule has 5 nitrogen and oxygen atoms in total. The van der Waals surface area contributed by atoms with Crippen LogP contribution >= 0.6 is 0 Å². The maximum Gasteiger partial charge on any atom is 0.241 e. The number of benzene rings is 2. The Morgan fingerprint density at radius 3 is 2.22 bits per heavy atom. The molecule has 3 rings (SSSR count). The van der Waals surface area contributed by atoms with Gasteiger partial charge < -0.3 is 4.90 Å². The second-order valence-corrected chi connectivity index (χ2v) is 6.73. The first-order chi connectivity index (χ1) is 13.3. The number of carbonyl (C=O) groups excluding carboxylic acids is 1.